The molecule has 0 saturated carbocycles. The molecule has 0 unspecified atom stereocenters. The number of fused-ring (bicyclic) bond motifs is 1. The minimum atomic E-state index is 0.0896. The van der Waals surface area contributed by atoms with E-state index < -0.39 is 0 Å². The third-order valence-corrected chi connectivity index (χ3v) is 4.01. The fourth-order valence-electron chi connectivity index (χ4n) is 2.02. The second-order valence-corrected chi connectivity index (χ2v) is 6.42. The van der Waals surface area contributed by atoms with E-state index in [9.17, 15) is 0 Å². The van der Waals surface area contributed by atoms with Gasteiger partial charge in [-0.05, 0) is 29.7 Å². The Hall–Kier alpha value is -1.44. The molecule has 20 heavy (non-hydrogen) atoms. The maximum absolute atomic E-state index is 8.93. The van der Waals surface area contributed by atoms with Crippen LogP contribution in [0.1, 0.15) is 26.7 Å². The van der Waals surface area contributed by atoms with Crippen molar-refractivity contribution in [3.63, 3.8) is 0 Å². The Morgan fingerprint density at radius 1 is 1.40 bits per heavy atom. The van der Waals surface area contributed by atoms with Gasteiger partial charge >= 0.3 is 0 Å². The molecule has 0 atom stereocenters. The SMILES string of the molecule is CC(C)(CCCO)CNc1nc(NN)nc2sccc12. The lowest BCUT2D eigenvalue weighted by molar-refractivity contribution is 0.248. The molecule has 0 bridgehead atoms. The summed E-state index contributed by atoms with van der Waals surface area (Å²) in [6.45, 7) is 5.35. The number of aliphatic hydroxyl groups excluding tert-OH is 1. The van der Waals surface area contributed by atoms with E-state index in [0.29, 0.717) is 5.95 Å². The molecule has 0 spiro atoms. The van der Waals surface area contributed by atoms with Gasteiger partial charge < -0.3 is 10.4 Å². The molecule has 2 rings (SSSR count). The van der Waals surface area contributed by atoms with Gasteiger partial charge in [-0.3, -0.25) is 5.43 Å². The lowest BCUT2D eigenvalue weighted by atomic mass is 9.88. The van der Waals surface area contributed by atoms with Crippen LogP contribution in [0.25, 0.3) is 10.2 Å². The number of nitrogen functional groups attached to an aromatic ring is 1. The Kier molecular flexibility index (Phi) is 4.74. The van der Waals surface area contributed by atoms with Crippen LogP contribution in [-0.2, 0) is 0 Å². The summed E-state index contributed by atoms with van der Waals surface area (Å²) in [6, 6.07) is 2.00. The van der Waals surface area contributed by atoms with E-state index in [4.69, 9.17) is 10.9 Å². The summed E-state index contributed by atoms with van der Waals surface area (Å²) in [4.78, 5) is 9.59. The van der Waals surface area contributed by atoms with Gasteiger partial charge in [0, 0.05) is 13.2 Å². The van der Waals surface area contributed by atoms with Crippen LogP contribution in [0, 0.1) is 5.41 Å². The number of rotatable bonds is 7. The Morgan fingerprint density at radius 3 is 2.90 bits per heavy atom. The second-order valence-electron chi connectivity index (χ2n) is 5.52. The summed E-state index contributed by atoms with van der Waals surface area (Å²) < 4.78 is 0. The van der Waals surface area contributed by atoms with Gasteiger partial charge in [-0.25, -0.2) is 10.8 Å². The zero-order chi connectivity index (χ0) is 14.6. The highest BCUT2D eigenvalue weighted by Gasteiger charge is 2.18. The first-order valence-corrected chi connectivity index (χ1v) is 7.50. The van der Waals surface area contributed by atoms with Crippen molar-refractivity contribution in [1.29, 1.82) is 0 Å². The van der Waals surface area contributed by atoms with Crippen LogP contribution in [0.3, 0.4) is 0 Å². The van der Waals surface area contributed by atoms with Gasteiger partial charge in [0.1, 0.15) is 10.6 Å². The smallest absolute Gasteiger partial charge is 0.240 e. The van der Waals surface area contributed by atoms with Crippen LogP contribution >= 0.6 is 11.3 Å². The molecular weight excluding hydrogens is 274 g/mol. The van der Waals surface area contributed by atoms with Gasteiger partial charge in [0.05, 0.1) is 5.39 Å². The van der Waals surface area contributed by atoms with Gasteiger partial charge in [0.25, 0.3) is 0 Å². The molecular formula is C13H21N5OS. The third-order valence-electron chi connectivity index (χ3n) is 3.20. The standard InChI is InChI=1S/C13H21N5OS/c1-13(2,5-3-6-19)8-15-10-9-4-7-20-11(9)17-12(16-10)18-14/h4,7,19H,3,5-6,8,14H2,1-2H3,(H2,15,16,17,18). The maximum Gasteiger partial charge on any atom is 0.240 e. The zero-order valence-electron chi connectivity index (χ0n) is 11.8. The van der Waals surface area contributed by atoms with Gasteiger partial charge in [0.15, 0.2) is 0 Å². The maximum atomic E-state index is 8.93. The van der Waals surface area contributed by atoms with Gasteiger partial charge in [-0.1, -0.05) is 13.8 Å². The van der Waals surface area contributed by atoms with Crippen molar-refractivity contribution in [2.24, 2.45) is 11.3 Å². The van der Waals surface area contributed by atoms with Crippen molar-refractivity contribution in [2.45, 2.75) is 26.7 Å². The van der Waals surface area contributed by atoms with Crippen molar-refractivity contribution in [3.05, 3.63) is 11.4 Å². The van der Waals surface area contributed by atoms with E-state index in [-0.39, 0.29) is 12.0 Å². The number of nitrogens with two attached hydrogens (primary N) is 1. The molecule has 2 aromatic heterocycles. The lowest BCUT2D eigenvalue weighted by Crippen LogP contribution is -2.24. The molecule has 0 aliphatic carbocycles. The van der Waals surface area contributed by atoms with Crippen LogP contribution < -0.4 is 16.6 Å². The summed E-state index contributed by atoms with van der Waals surface area (Å²) in [7, 11) is 0. The molecule has 2 aromatic rings. The first kappa shape index (κ1) is 15.0. The van der Waals surface area contributed by atoms with E-state index in [2.05, 4.69) is 34.6 Å². The molecule has 7 heteroatoms. The number of thiophene rings is 1. The zero-order valence-corrected chi connectivity index (χ0v) is 12.6. The summed E-state index contributed by atoms with van der Waals surface area (Å²) >= 11 is 1.56. The minimum absolute atomic E-state index is 0.0896. The molecule has 6 nitrogen and oxygen atoms in total. The fourth-order valence-corrected chi connectivity index (χ4v) is 2.79. The number of hydrogen-bond acceptors (Lipinski definition) is 7. The number of hydrazine groups is 1. The molecule has 0 amide bonds. The summed E-state index contributed by atoms with van der Waals surface area (Å²) in [5.41, 5.74) is 2.58. The fraction of sp³-hybridized carbons (Fsp3) is 0.538. The average Bonchev–Trinajstić information content (AvgIpc) is 2.90. The van der Waals surface area contributed by atoms with E-state index in [1.807, 2.05) is 11.4 Å². The average molecular weight is 295 g/mol. The van der Waals surface area contributed by atoms with Gasteiger partial charge in [-0.2, -0.15) is 4.98 Å². The van der Waals surface area contributed by atoms with Crippen LogP contribution in [0.5, 0.6) is 0 Å². The summed E-state index contributed by atoms with van der Waals surface area (Å²) in [5.74, 6) is 6.61. The molecule has 5 N–H and O–H groups in total. The molecule has 0 aromatic carbocycles. The highest BCUT2D eigenvalue weighted by molar-refractivity contribution is 7.16. The Morgan fingerprint density at radius 2 is 2.20 bits per heavy atom. The van der Waals surface area contributed by atoms with Crippen LogP contribution in [0.2, 0.25) is 0 Å². The molecule has 110 valence electrons. The highest BCUT2D eigenvalue weighted by atomic mass is 32.1. The van der Waals surface area contributed by atoms with Gasteiger partial charge in [0.2, 0.25) is 5.95 Å². The topological polar surface area (TPSA) is 96.1 Å². The Labute approximate surface area is 122 Å². The number of aliphatic hydroxyl groups is 1. The second kappa shape index (κ2) is 6.34. The van der Waals surface area contributed by atoms with Crippen molar-refractivity contribution in [3.8, 4) is 0 Å². The van der Waals surface area contributed by atoms with Gasteiger partial charge in [-0.15, -0.1) is 11.3 Å². The number of aromatic nitrogens is 2. The predicted molar refractivity (Wildman–Crippen MR) is 83.8 cm³/mol. The molecule has 0 radical (unpaired) electrons. The van der Waals surface area contributed by atoms with Crippen LogP contribution in [0.15, 0.2) is 11.4 Å². The lowest BCUT2D eigenvalue weighted by Gasteiger charge is -2.25. The van der Waals surface area contributed by atoms with Crippen molar-refractivity contribution < 1.29 is 5.11 Å². The summed E-state index contributed by atoms with van der Waals surface area (Å²) in [5, 5.41) is 15.3. The Balaban J connectivity index is 2.14. The van der Waals surface area contributed by atoms with Crippen molar-refractivity contribution in [2.75, 3.05) is 23.9 Å². The number of anilines is 2. The first-order valence-electron chi connectivity index (χ1n) is 6.62. The molecule has 2 heterocycles. The number of hydrogen-bond donors (Lipinski definition) is 4. The molecule has 0 saturated heterocycles. The van der Waals surface area contributed by atoms with E-state index in [0.717, 1.165) is 35.4 Å². The van der Waals surface area contributed by atoms with Crippen molar-refractivity contribution >= 4 is 33.3 Å². The van der Waals surface area contributed by atoms with E-state index >= 15 is 0 Å². The number of nitrogens with one attached hydrogen (secondary N) is 2. The number of nitrogens with zero attached hydrogens (tertiary/aromatic N) is 2. The molecule has 0 aliphatic rings. The summed E-state index contributed by atoms with van der Waals surface area (Å²) in [6.07, 6.45) is 1.76. The molecule has 0 aliphatic heterocycles. The van der Waals surface area contributed by atoms with Crippen LogP contribution in [0.4, 0.5) is 11.8 Å². The van der Waals surface area contributed by atoms with Crippen LogP contribution in [-0.4, -0.2) is 28.2 Å². The quantitative estimate of drug-likeness (QED) is 0.462. The van der Waals surface area contributed by atoms with E-state index in [1.165, 1.54) is 0 Å². The predicted octanol–water partition coefficient (Wildman–Crippen LogP) is 2.19. The highest BCUT2D eigenvalue weighted by Crippen LogP contribution is 2.28. The normalized spacial score (nSPS) is 11.8. The van der Waals surface area contributed by atoms with Crippen molar-refractivity contribution in [1.82, 2.24) is 9.97 Å². The first-order chi connectivity index (χ1) is 9.55. The van der Waals surface area contributed by atoms with E-state index in [1.54, 1.807) is 11.3 Å². The monoisotopic (exact) mass is 295 g/mol. The largest absolute Gasteiger partial charge is 0.396 e. The Bertz CT molecular complexity index is 569. The third kappa shape index (κ3) is 3.56. The molecule has 0 fully saturated rings. The minimum Gasteiger partial charge on any atom is -0.396 e.